The van der Waals surface area contributed by atoms with Gasteiger partial charge in [0, 0.05) is 17.8 Å². The Morgan fingerprint density at radius 3 is 2.76 bits per heavy atom. The van der Waals surface area contributed by atoms with Crippen molar-refractivity contribution in [3.63, 3.8) is 0 Å². The van der Waals surface area contributed by atoms with Crippen LogP contribution in [0.3, 0.4) is 0 Å². The molecule has 0 spiro atoms. The molecule has 0 radical (unpaired) electrons. The minimum Gasteiger partial charge on any atom is -0.463 e. The summed E-state index contributed by atoms with van der Waals surface area (Å²) in [6.45, 7) is 6.43. The van der Waals surface area contributed by atoms with Gasteiger partial charge in [0.15, 0.2) is 0 Å². The summed E-state index contributed by atoms with van der Waals surface area (Å²) in [6, 6.07) is 7.88. The van der Waals surface area contributed by atoms with Crippen molar-refractivity contribution in [3.05, 3.63) is 41.2 Å². The van der Waals surface area contributed by atoms with Gasteiger partial charge in [0.25, 0.3) is 0 Å². The van der Waals surface area contributed by atoms with Crippen molar-refractivity contribution in [3.8, 4) is 0 Å². The van der Waals surface area contributed by atoms with E-state index >= 15 is 0 Å². The quantitative estimate of drug-likeness (QED) is 0.675. The molecule has 0 aliphatic heterocycles. The second kappa shape index (κ2) is 6.59. The highest BCUT2D eigenvalue weighted by Gasteiger charge is 2.10. The monoisotopic (exact) mass is 287 g/mol. The molecule has 0 aliphatic carbocycles. The molecule has 1 heterocycles. The van der Waals surface area contributed by atoms with Gasteiger partial charge in [0.2, 0.25) is 0 Å². The van der Waals surface area contributed by atoms with Crippen LogP contribution in [-0.2, 0) is 9.53 Å². The maximum Gasteiger partial charge on any atom is 0.335 e. The minimum absolute atomic E-state index is 0.145. The van der Waals surface area contributed by atoms with Gasteiger partial charge in [-0.1, -0.05) is 26.0 Å². The van der Waals surface area contributed by atoms with Crippen molar-refractivity contribution < 1.29 is 13.9 Å². The van der Waals surface area contributed by atoms with Crippen LogP contribution in [0.4, 0.5) is 0 Å². The van der Waals surface area contributed by atoms with Crippen LogP contribution in [0.15, 0.2) is 34.3 Å². The third-order valence-corrected chi connectivity index (χ3v) is 3.23. The number of carbonyl (C=O) groups is 1. The van der Waals surface area contributed by atoms with E-state index < -0.39 is 0 Å². The number of rotatable bonds is 5. The number of esters is 1. The van der Waals surface area contributed by atoms with Gasteiger partial charge in [-0.2, -0.15) is 0 Å². The molecule has 4 nitrogen and oxygen atoms in total. The van der Waals surface area contributed by atoms with Crippen LogP contribution in [0.25, 0.3) is 17.0 Å². The molecule has 112 valence electrons. The molecular weight excluding hydrogens is 266 g/mol. The van der Waals surface area contributed by atoms with Crippen molar-refractivity contribution >= 4 is 23.0 Å². The molecule has 0 bridgehead atoms. The Morgan fingerprint density at radius 1 is 1.38 bits per heavy atom. The highest BCUT2D eigenvalue weighted by Crippen LogP contribution is 2.26. The van der Waals surface area contributed by atoms with E-state index in [-0.39, 0.29) is 12.5 Å². The number of fused-ring (bicyclic) bond motifs is 1. The van der Waals surface area contributed by atoms with Crippen molar-refractivity contribution in [2.75, 3.05) is 13.2 Å². The van der Waals surface area contributed by atoms with Gasteiger partial charge in [0.1, 0.15) is 11.3 Å². The van der Waals surface area contributed by atoms with E-state index in [2.05, 4.69) is 13.8 Å². The molecule has 1 aromatic carbocycles. The Morgan fingerprint density at radius 2 is 2.14 bits per heavy atom. The highest BCUT2D eigenvalue weighted by atomic mass is 16.5. The molecule has 1 aromatic heterocycles. The van der Waals surface area contributed by atoms with E-state index in [1.54, 1.807) is 13.0 Å². The number of hydrogen-bond donors (Lipinski definition) is 1. The largest absolute Gasteiger partial charge is 0.463 e. The van der Waals surface area contributed by atoms with Gasteiger partial charge in [-0.05, 0) is 30.7 Å². The van der Waals surface area contributed by atoms with Crippen LogP contribution < -0.4 is 5.73 Å². The van der Waals surface area contributed by atoms with E-state index in [4.69, 9.17) is 14.9 Å². The first-order valence-corrected chi connectivity index (χ1v) is 7.16. The van der Waals surface area contributed by atoms with Crippen LogP contribution in [0, 0.1) is 0 Å². The molecule has 21 heavy (non-hydrogen) atoms. The third kappa shape index (κ3) is 3.52. The van der Waals surface area contributed by atoms with Gasteiger partial charge in [-0.3, -0.25) is 0 Å². The summed E-state index contributed by atoms with van der Waals surface area (Å²) >= 11 is 0. The molecule has 4 heteroatoms. The fourth-order valence-electron chi connectivity index (χ4n) is 2.07. The van der Waals surface area contributed by atoms with Crippen LogP contribution >= 0.6 is 0 Å². The molecule has 0 unspecified atom stereocenters. The van der Waals surface area contributed by atoms with Crippen molar-refractivity contribution in [2.45, 2.75) is 26.7 Å². The number of ether oxygens (including phenoxy) is 1. The Bertz CT molecular complexity index is 668. The second-order valence-electron chi connectivity index (χ2n) is 5.19. The number of nitrogens with two attached hydrogens (primary N) is 1. The summed E-state index contributed by atoms with van der Waals surface area (Å²) in [5.74, 6) is 0.925. The standard InChI is InChI=1S/C17H21NO3/c1-4-20-17(19)14(10-18)7-12-5-6-13-9-15(11(2)3)21-16(13)8-12/h5-9,11H,4,10,18H2,1-3H3/b14-7-. The Hall–Kier alpha value is -2.07. The lowest BCUT2D eigenvalue weighted by Crippen LogP contribution is -2.15. The van der Waals surface area contributed by atoms with E-state index in [1.807, 2.05) is 24.3 Å². The Balaban J connectivity index is 2.35. The number of hydrogen-bond acceptors (Lipinski definition) is 4. The van der Waals surface area contributed by atoms with Crippen LogP contribution in [-0.4, -0.2) is 19.1 Å². The van der Waals surface area contributed by atoms with Crippen molar-refractivity contribution in [1.29, 1.82) is 0 Å². The van der Waals surface area contributed by atoms with Crippen LogP contribution in [0.1, 0.15) is 38.0 Å². The number of furan rings is 1. The van der Waals surface area contributed by atoms with Crippen molar-refractivity contribution in [2.24, 2.45) is 5.73 Å². The second-order valence-corrected chi connectivity index (χ2v) is 5.19. The summed E-state index contributed by atoms with van der Waals surface area (Å²) < 4.78 is 10.8. The first-order valence-electron chi connectivity index (χ1n) is 7.16. The molecule has 0 aliphatic rings. The fraction of sp³-hybridized carbons (Fsp3) is 0.353. The summed E-state index contributed by atoms with van der Waals surface area (Å²) in [7, 11) is 0. The molecule has 2 N–H and O–H groups in total. The average molecular weight is 287 g/mol. The topological polar surface area (TPSA) is 65.5 Å². The zero-order valence-corrected chi connectivity index (χ0v) is 12.7. The molecule has 2 aromatic rings. The Kier molecular flexibility index (Phi) is 4.81. The molecular formula is C17H21NO3. The van der Waals surface area contributed by atoms with Gasteiger partial charge < -0.3 is 14.9 Å². The van der Waals surface area contributed by atoms with E-state index in [9.17, 15) is 4.79 Å². The summed E-state index contributed by atoms with van der Waals surface area (Å²) in [5.41, 5.74) is 7.75. The lowest BCUT2D eigenvalue weighted by Gasteiger charge is -2.04. The Labute approximate surface area is 124 Å². The van der Waals surface area contributed by atoms with Gasteiger partial charge in [-0.15, -0.1) is 0 Å². The first-order chi connectivity index (χ1) is 10.0. The van der Waals surface area contributed by atoms with Crippen LogP contribution in [0.5, 0.6) is 0 Å². The van der Waals surface area contributed by atoms with Crippen molar-refractivity contribution in [1.82, 2.24) is 0 Å². The minimum atomic E-state index is -0.373. The summed E-state index contributed by atoms with van der Waals surface area (Å²) in [4.78, 5) is 11.7. The molecule has 0 atom stereocenters. The molecule has 2 rings (SSSR count). The van der Waals surface area contributed by atoms with Gasteiger partial charge >= 0.3 is 5.97 Å². The molecule has 0 fully saturated rings. The fourth-order valence-corrected chi connectivity index (χ4v) is 2.07. The lowest BCUT2D eigenvalue weighted by molar-refractivity contribution is -0.138. The predicted molar refractivity (Wildman–Crippen MR) is 84.0 cm³/mol. The average Bonchev–Trinajstić information content (AvgIpc) is 2.88. The lowest BCUT2D eigenvalue weighted by atomic mass is 10.1. The number of benzene rings is 1. The number of carbonyl (C=O) groups excluding carboxylic acids is 1. The zero-order chi connectivity index (χ0) is 15.4. The first kappa shape index (κ1) is 15.3. The molecule has 0 saturated heterocycles. The van der Waals surface area contributed by atoms with Gasteiger partial charge in [0.05, 0.1) is 12.2 Å². The summed E-state index contributed by atoms with van der Waals surface area (Å²) in [5, 5.41) is 1.06. The summed E-state index contributed by atoms with van der Waals surface area (Å²) in [6.07, 6.45) is 1.75. The van der Waals surface area contributed by atoms with E-state index in [0.717, 1.165) is 22.3 Å². The van der Waals surface area contributed by atoms with E-state index in [0.29, 0.717) is 18.1 Å². The predicted octanol–water partition coefficient (Wildman–Crippen LogP) is 3.46. The smallest absolute Gasteiger partial charge is 0.335 e. The SMILES string of the molecule is CCOC(=O)/C(=C\c1ccc2cc(C(C)C)oc2c1)CN. The van der Waals surface area contributed by atoms with E-state index in [1.165, 1.54) is 0 Å². The molecule has 0 amide bonds. The highest BCUT2D eigenvalue weighted by molar-refractivity contribution is 5.94. The molecule has 0 saturated carbocycles. The normalized spacial score (nSPS) is 12.1. The van der Waals surface area contributed by atoms with Crippen LogP contribution in [0.2, 0.25) is 0 Å². The van der Waals surface area contributed by atoms with Gasteiger partial charge in [-0.25, -0.2) is 4.79 Å². The zero-order valence-electron chi connectivity index (χ0n) is 12.7. The maximum absolute atomic E-state index is 11.7. The maximum atomic E-state index is 11.7. The third-order valence-electron chi connectivity index (χ3n) is 3.23.